The second-order valence-corrected chi connectivity index (χ2v) is 7.38. The van der Waals surface area contributed by atoms with Gasteiger partial charge in [-0.15, -0.1) is 0 Å². The van der Waals surface area contributed by atoms with Gasteiger partial charge in [-0.05, 0) is 46.7 Å². The molecule has 5 rings (SSSR count). The number of rotatable bonds is 6. The molecule has 156 valence electrons. The number of carbonyl (C=O) groups excluding carboxylic acids is 1. The fraction of sp³-hybridized carbons (Fsp3) is 0.0370. The van der Waals surface area contributed by atoms with E-state index in [9.17, 15) is 4.79 Å². The van der Waals surface area contributed by atoms with E-state index in [1.54, 1.807) is 6.07 Å². The van der Waals surface area contributed by atoms with Crippen LogP contribution in [0, 0.1) is 0 Å². The standard InChI is InChI=1S/C27H20N2O3/c30-27(28-18-19-10-14-24(15-11-19)31-23-8-2-1-3-9-23)25-17-26(32-29-25)22-13-12-20-6-4-5-7-21(20)16-22/h1-17H,18H2,(H,28,30). The Balaban J connectivity index is 1.21. The number of hydrogen-bond donors (Lipinski definition) is 1. The number of ether oxygens (including phenoxy) is 1. The molecule has 0 saturated heterocycles. The molecule has 0 saturated carbocycles. The Hall–Kier alpha value is -4.38. The molecule has 0 spiro atoms. The number of nitrogens with one attached hydrogen (secondary N) is 1. The van der Waals surface area contributed by atoms with Crippen LogP contribution in [0.1, 0.15) is 16.1 Å². The summed E-state index contributed by atoms with van der Waals surface area (Å²) in [7, 11) is 0. The lowest BCUT2D eigenvalue weighted by Crippen LogP contribution is -2.22. The predicted octanol–water partition coefficient (Wildman–Crippen LogP) is 6.22. The van der Waals surface area contributed by atoms with E-state index in [4.69, 9.17) is 9.26 Å². The Morgan fingerprint density at radius 2 is 1.50 bits per heavy atom. The Labute approximate surface area is 185 Å². The minimum atomic E-state index is -0.287. The van der Waals surface area contributed by atoms with Gasteiger partial charge in [-0.2, -0.15) is 0 Å². The molecule has 0 bridgehead atoms. The van der Waals surface area contributed by atoms with Crippen LogP contribution in [0.3, 0.4) is 0 Å². The molecule has 1 heterocycles. The lowest BCUT2D eigenvalue weighted by Gasteiger charge is -2.07. The first-order chi connectivity index (χ1) is 15.7. The van der Waals surface area contributed by atoms with Gasteiger partial charge < -0.3 is 14.6 Å². The van der Waals surface area contributed by atoms with Crippen molar-refractivity contribution in [1.29, 1.82) is 0 Å². The number of fused-ring (bicyclic) bond motifs is 1. The summed E-state index contributed by atoms with van der Waals surface area (Å²) < 4.78 is 11.2. The molecule has 0 radical (unpaired) electrons. The zero-order valence-electron chi connectivity index (χ0n) is 17.2. The third-order valence-electron chi connectivity index (χ3n) is 5.13. The minimum absolute atomic E-state index is 0.247. The van der Waals surface area contributed by atoms with Crippen LogP contribution in [0.5, 0.6) is 11.5 Å². The van der Waals surface area contributed by atoms with Crippen molar-refractivity contribution in [1.82, 2.24) is 10.5 Å². The fourth-order valence-corrected chi connectivity index (χ4v) is 3.43. The summed E-state index contributed by atoms with van der Waals surface area (Å²) in [5, 5.41) is 9.07. The highest BCUT2D eigenvalue weighted by Gasteiger charge is 2.14. The van der Waals surface area contributed by atoms with Gasteiger partial charge in [0.05, 0.1) is 0 Å². The summed E-state index contributed by atoms with van der Waals surface area (Å²) in [5.41, 5.74) is 2.08. The summed E-state index contributed by atoms with van der Waals surface area (Å²) in [5.74, 6) is 1.79. The highest BCUT2D eigenvalue weighted by Crippen LogP contribution is 2.25. The lowest BCUT2D eigenvalue weighted by atomic mass is 10.1. The highest BCUT2D eigenvalue weighted by atomic mass is 16.5. The van der Waals surface area contributed by atoms with Gasteiger partial charge in [0, 0.05) is 18.2 Å². The van der Waals surface area contributed by atoms with Gasteiger partial charge in [-0.25, -0.2) is 0 Å². The van der Waals surface area contributed by atoms with E-state index in [2.05, 4.69) is 16.5 Å². The summed E-state index contributed by atoms with van der Waals surface area (Å²) in [6, 6.07) is 33.0. The van der Waals surface area contributed by atoms with E-state index in [1.807, 2.05) is 91.0 Å². The first-order valence-electron chi connectivity index (χ1n) is 10.3. The summed E-state index contributed by atoms with van der Waals surface area (Å²) >= 11 is 0. The number of amides is 1. The maximum Gasteiger partial charge on any atom is 0.273 e. The second kappa shape index (κ2) is 8.78. The Morgan fingerprint density at radius 1 is 0.781 bits per heavy atom. The van der Waals surface area contributed by atoms with Crippen molar-refractivity contribution < 1.29 is 14.1 Å². The number of benzene rings is 4. The smallest absolute Gasteiger partial charge is 0.273 e. The largest absolute Gasteiger partial charge is 0.457 e. The highest BCUT2D eigenvalue weighted by molar-refractivity contribution is 5.93. The molecule has 5 heteroatoms. The molecule has 32 heavy (non-hydrogen) atoms. The van der Waals surface area contributed by atoms with Crippen LogP contribution in [0.25, 0.3) is 22.1 Å². The van der Waals surface area contributed by atoms with Crippen LogP contribution >= 0.6 is 0 Å². The summed E-state index contributed by atoms with van der Waals surface area (Å²) in [6.45, 7) is 0.378. The van der Waals surface area contributed by atoms with Crippen LogP contribution in [0.4, 0.5) is 0 Å². The molecule has 0 aliphatic rings. The summed E-state index contributed by atoms with van der Waals surface area (Å²) in [4.78, 5) is 12.5. The topological polar surface area (TPSA) is 64.4 Å². The molecule has 1 amide bonds. The van der Waals surface area contributed by atoms with Crippen molar-refractivity contribution in [3.05, 3.63) is 114 Å². The first-order valence-corrected chi connectivity index (χ1v) is 10.3. The Kier molecular flexibility index (Phi) is 5.37. The molecule has 5 aromatic rings. The monoisotopic (exact) mass is 420 g/mol. The molecular weight excluding hydrogens is 400 g/mol. The Bertz CT molecular complexity index is 1360. The van der Waals surface area contributed by atoms with E-state index in [1.165, 1.54) is 0 Å². The molecule has 0 atom stereocenters. The molecule has 0 aliphatic carbocycles. The van der Waals surface area contributed by atoms with E-state index < -0.39 is 0 Å². The van der Waals surface area contributed by atoms with E-state index in [0.717, 1.165) is 33.4 Å². The minimum Gasteiger partial charge on any atom is -0.457 e. The number of nitrogens with zero attached hydrogens (tertiary/aromatic N) is 1. The fourth-order valence-electron chi connectivity index (χ4n) is 3.43. The van der Waals surface area contributed by atoms with Crippen molar-refractivity contribution in [2.24, 2.45) is 0 Å². The SMILES string of the molecule is O=C(NCc1ccc(Oc2ccccc2)cc1)c1cc(-c2ccc3ccccc3c2)on1. The number of hydrogen-bond acceptors (Lipinski definition) is 4. The molecule has 0 fully saturated rings. The van der Waals surface area contributed by atoms with Crippen molar-refractivity contribution in [2.75, 3.05) is 0 Å². The molecule has 0 aliphatic heterocycles. The van der Waals surface area contributed by atoms with Gasteiger partial charge in [0.1, 0.15) is 11.5 Å². The number of carbonyl (C=O) groups is 1. The van der Waals surface area contributed by atoms with Gasteiger partial charge in [-0.3, -0.25) is 4.79 Å². The van der Waals surface area contributed by atoms with Crippen molar-refractivity contribution in [2.45, 2.75) is 6.54 Å². The van der Waals surface area contributed by atoms with Gasteiger partial charge >= 0.3 is 0 Å². The van der Waals surface area contributed by atoms with Gasteiger partial charge in [0.2, 0.25) is 0 Å². The molecule has 4 aromatic carbocycles. The zero-order chi connectivity index (χ0) is 21.8. The molecule has 0 unspecified atom stereocenters. The van der Waals surface area contributed by atoms with E-state index in [0.29, 0.717) is 12.3 Å². The van der Waals surface area contributed by atoms with E-state index in [-0.39, 0.29) is 11.6 Å². The number of aromatic nitrogens is 1. The maximum atomic E-state index is 12.5. The third kappa shape index (κ3) is 4.37. The van der Waals surface area contributed by atoms with E-state index >= 15 is 0 Å². The van der Waals surface area contributed by atoms with Crippen molar-refractivity contribution >= 4 is 16.7 Å². The predicted molar refractivity (Wildman–Crippen MR) is 124 cm³/mol. The van der Waals surface area contributed by atoms with Gasteiger partial charge in [0.15, 0.2) is 11.5 Å². The normalized spacial score (nSPS) is 10.8. The maximum absolute atomic E-state index is 12.5. The second-order valence-electron chi connectivity index (χ2n) is 7.38. The van der Waals surface area contributed by atoms with Gasteiger partial charge in [-0.1, -0.05) is 71.9 Å². The zero-order valence-corrected chi connectivity index (χ0v) is 17.2. The quantitative estimate of drug-likeness (QED) is 0.354. The Morgan fingerprint density at radius 3 is 2.31 bits per heavy atom. The van der Waals surface area contributed by atoms with Crippen LogP contribution in [0.15, 0.2) is 108 Å². The average Bonchev–Trinajstić information content (AvgIpc) is 3.34. The molecule has 1 N–H and O–H groups in total. The molecule has 1 aromatic heterocycles. The average molecular weight is 420 g/mol. The van der Waals surface area contributed by atoms with Crippen LogP contribution in [-0.2, 0) is 6.54 Å². The van der Waals surface area contributed by atoms with Crippen LogP contribution < -0.4 is 10.1 Å². The van der Waals surface area contributed by atoms with Gasteiger partial charge in [0.25, 0.3) is 5.91 Å². The van der Waals surface area contributed by atoms with Crippen molar-refractivity contribution in [3.8, 4) is 22.8 Å². The first kappa shape index (κ1) is 19.6. The number of para-hydroxylation sites is 1. The summed E-state index contributed by atoms with van der Waals surface area (Å²) in [6.07, 6.45) is 0. The lowest BCUT2D eigenvalue weighted by molar-refractivity contribution is 0.0942. The molecular formula is C27H20N2O3. The van der Waals surface area contributed by atoms with Crippen LogP contribution in [0.2, 0.25) is 0 Å². The van der Waals surface area contributed by atoms with Crippen LogP contribution in [-0.4, -0.2) is 11.1 Å². The third-order valence-corrected chi connectivity index (χ3v) is 5.13. The van der Waals surface area contributed by atoms with Crippen molar-refractivity contribution in [3.63, 3.8) is 0 Å². The molecule has 5 nitrogen and oxygen atoms in total.